The second kappa shape index (κ2) is 8.25. The van der Waals surface area contributed by atoms with Gasteiger partial charge in [0, 0.05) is 18.3 Å². The summed E-state index contributed by atoms with van der Waals surface area (Å²) >= 11 is 7.99. The molecule has 0 aromatic heterocycles. The van der Waals surface area contributed by atoms with E-state index in [0.717, 1.165) is 10.0 Å². The maximum absolute atomic E-state index is 10.8. The molecule has 0 fully saturated rings. The van der Waals surface area contributed by atoms with Crippen molar-refractivity contribution in [2.24, 2.45) is 0 Å². The summed E-state index contributed by atoms with van der Waals surface area (Å²) in [4.78, 5) is 20.0. The van der Waals surface area contributed by atoms with Gasteiger partial charge in [-0.3, -0.25) is 9.59 Å². The Morgan fingerprint density at radius 2 is 1.65 bits per heavy atom. The van der Waals surface area contributed by atoms with Crippen LogP contribution in [0, 0.1) is 0 Å². The van der Waals surface area contributed by atoms with Gasteiger partial charge in [-0.1, -0.05) is 28.1 Å². The van der Waals surface area contributed by atoms with Gasteiger partial charge in [0.05, 0.1) is 6.04 Å². The van der Waals surface area contributed by atoms with Crippen molar-refractivity contribution in [3.8, 4) is 0 Å². The molecule has 0 unspecified atom stereocenters. The average molecular weight is 321 g/mol. The minimum atomic E-state index is -0.361. The zero-order valence-electron chi connectivity index (χ0n) is 9.96. The average Bonchev–Trinajstić information content (AvgIpc) is 2.16. The van der Waals surface area contributed by atoms with E-state index in [1.807, 2.05) is 31.2 Å². The molecule has 0 saturated carbocycles. The molecule has 1 aromatic rings. The van der Waals surface area contributed by atoms with Crippen LogP contribution in [-0.4, -0.2) is 11.1 Å². The normalized spacial score (nSPS) is 10.9. The van der Waals surface area contributed by atoms with E-state index in [1.165, 1.54) is 13.8 Å². The highest BCUT2D eigenvalue weighted by molar-refractivity contribution is 9.10. The fourth-order valence-electron chi connectivity index (χ4n) is 1.14. The highest BCUT2D eigenvalue weighted by atomic mass is 79.9. The number of carbonyl (C=O) groups excluding carboxylic acids is 2. The Morgan fingerprint density at radius 3 is 2.00 bits per heavy atom. The first-order valence-corrected chi connectivity index (χ1v) is 6.18. The molecule has 5 heteroatoms. The highest BCUT2D eigenvalue weighted by Crippen LogP contribution is 2.16. The van der Waals surface area contributed by atoms with Gasteiger partial charge in [-0.25, -0.2) is 0 Å². The number of benzene rings is 1. The van der Waals surface area contributed by atoms with Crippen molar-refractivity contribution in [2.75, 3.05) is 0 Å². The van der Waals surface area contributed by atoms with Crippen molar-refractivity contribution in [3.05, 3.63) is 34.3 Å². The molecule has 1 aromatic carbocycles. The first kappa shape index (κ1) is 16.1. The smallest absolute Gasteiger partial charge is 0.218 e. The quantitative estimate of drug-likeness (QED) is 0.849. The summed E-state index contributed by atoms with van der Waals surface area (Å²) in [5.41, 5.74) is 1.11. The minimum absolute atomic E-state index is 0.00424. The van der Waals surface area contributed by atoms with Gasteiger partial charge in [0.15, 0.2) is 0 Å². The lowest BCUT2D eigenvalue weighted by atomic mass is 10.1. The maximum Gasteiger partial charge on any atom is 0.218 e. The number of halogens is 2. The molecule has 1 rings (SSSR count). The Kier molecular flexibility index (Phi) is 7.83. The van der Waals surface area contributed by atoms with Crippen LogP contribution in [0.4, 0.5) is 0 Å². The van der Waals surface area contributed by atoms with Crippen LogP contribution in [0.2, 0.25) is 0 Å². The van der Waals surface area contributed by atoms with Gasteiger partial charge < -0.3 is 5.32 Å². The van der Waals surface area contributed by atoms with Gasteiger partial charge >= 0.3 is 0 Å². The van der Waals surface area contributed by atoms with E-state index in [1.54, 1.807) is 0 Å². The van der Waals surface area contributed by atoms with E-state index in [4.69, 9.17) is 0 Å². The number of hydrogen-bond acceptors (Lipinski definition) is 2. The molecule has 1 N–H and O–H groups in total. The van der Waals surface area contributed by atoms with E-state index >= 15 is 0 Å². The zero-order valence-corrected chi connectivity index (χ0v) is 12.3. The molecule has 1 amide bonds. The van der Waals surface area contributed by atoms with E-state index < -0.39 is 0 Å². The summed E-state index contributed by atoms with van der Waals surface area (Å²) in [7, 11) is 0. The molecule has 0 heterocycles. The largest absolute Gasteiger partial charge is 0.350 e. The molecule has 1 atom stereocenters. The van der Waals surface area contributed by atoms with Crippen LogP contribution in [0.5, 0.6) is 0 Å². The summed E-state index contributed by atoms with van der Waals surface area (Å²) in [5.74, 6) is -0.00424. The topological polar surface area (TPSA) is 46.2 Å². The summed E-state index contributed by atoms with van der Waals surface area (Å²) in [6.07, 6.45) is 0. The van der Waals surface area contributed by atoms with Gasteiger partial charge in [0.2, 0.25) is 11.1 Å². The van der Waals surface area contributed by atoms with Gasteiger partial charge in [0.1, 0.15) is 0 Å². The molecule has 3 nitrogen and oxygen atoms in total. The second-order valence-electron chi connectivity index (χ2n) is 3.44. The zero-order chi connectivity index (χ0) is 13.4. The summed E-state index contributed by atoms with van der Waals surface area (Å²) in [6, 6.07) is 7.99. The molecular formula is C12H15BrClNO2. The molecule has 0 aliphatic heterocycles. The third-order valence-electron chi connectivity index (χ3n) is 1.79. The van der Waals surface area contributed by atoms with E-state index in [-0.39, 0.29) is 17.2 Å². The first-order chi connectivity index (χ1) is 7.82. The number of hydrogen-bond donors (Lipinski definition) is 1. The summed E-state index contributed by atoms with van der Waals surface area (Å²) < 4.78 is 1.05. The van der Waals surface area contributed by atoms with Crippen LogP contribution >= 0.6 is 27.5 Å². The molecular weight excluding hydrogens is 305 g/mol. The summed E-state index contributed by atoms with van der Waals surface area (Å²) in [6.45, 7) is 4.78. The van der Waals surface area contributed by atoms with Crippen LogP contribution in [-0.2, 0) is 9.59 Å². The predicted molar refractivity (Wildman–Crippen MR) is 72.9 cm³/mol. The number of carbonyl (C=O) groups is 2. The van der Waals surface area contributed by atoms with Crippen molar-refractivity contribution < 1.29 is 9.59 Å². The molecule has 17 heavy (non-hydrogen) atoms. The lowest BCUT2D eigenvalue weighted by Crippen LogP contribution is -2.23. The van der Waals surface area contributed by atoms with Gasteiger partial charge in [-0.2, -0.15) is 0 Å². The van der Waals surface area contributed by atoms with Crippen LogP contribution in [0.1, 0.15) is 32.4 Å². The number of rotatable bonds is 2. The minimum Gasteiger partial charge on any atom is -0.350 e. The van der Waals surface area contributed by atoms with Crippen molar-refractivity contribution in [1.82, 2.24) is 5.32 Å². The fraction of sp³-hybridized carbons (Fsp3) is 0.333. The fourth-order valence-corrected chi connectivity index (χ4v) is 1.40. The van der Waals surface area contributed by atoms with Crippen LogP contribution < -0.4 is 5.32 Å². The molecule has 0 radical (unpaired) electrons. The van der Waals surface area contributed by atoms with Crippen molar-refractivity contribution >= 4 is 38.7 Å². The van der Waals surface area contributed by atoms with Crippen LogP contribution in [0.3, 0.4) is 0 Å². The Hall–Kier alpha value is -0.870. The van der Waals surface area contributed by atoms with Gasteiger partial charge in [-0.05, 0) is 36.2 Å². The SMILES string of the molecule is CC(=O)Cl.CC(=O)N[C@H](C)c1ccc(Br)cc1. The Bertz CT molecular complexity index is 375. The van der Waals surface area contributed by atoms with E-state index in [9.17, 15) is 9.59 Å². The Labute approximate surface area is 115 Å². The lowest BCUT2D eigenvalue weighted by Gasteiger charge is -2.12. The van der Waals surface area contributed by atoms with Gasteiger partial charge in [-0.15, -0.1) is 0 Å². The molecule has 0 spiro atoms. The Balaban J connectivity index is 0.000000557. The first-order valence-electron chi connectivity index (χ1n) is 5.01. The van der Waals surface area contributed by atoms with Crippen molar-refractivity contribution in [1.29, 1.82) is 0 Å². The van der Waals surface area contributed by atoms with E-state index in [2.05, 4.69) is 32.8 Å². The van der Waals surface area contributed by atoms with Gasteiger partial charge in [0.25, 0.3) is 0 Å². The second-order valence-corrected chi connectivity index (χ2v) is 4.89. The molecule has 94 valence electrons. The Morgan fingerprint density at radius 1 is 1.24 bits per heavy atom. The molecule has 0 aliphatic carbocycles. The number of nitrogens with one attached hydrogen (secondary N) is 1. The third-order valence-corrected chi connectivity index (χ3v) is 2.32. The summed E-state index contributed by atoms with van der Waals surface area (Å²) in [5, 5.41) is 2.46. The van der Waals surface area contributed by atoms with Crippen LogP contribution in [0.15, 0.2) is 28.7 Å². The molecule has 0 saturated heterocycles. The predicted octanol–water partition coefficient (Wildman–Crippen LogP) is 3.42. The monoisotopic (exact) mass is 319 g/mol. The third kappa shape index (κ3) is 8.89. The number of amides is 1. The van der Waals surface area contributed by atoms with Crippen molar-refractivity contribution in [2.45, 2.75) is 26.8 Å². The standard InChI is InChI=1S/C10H12BrNO.C2H3ClO/c1-7(12-8(2)13)9-3-5-10(11)6-4-9;1-2(3)4/h3-7H,1-2H3,(H,12,13);1H3/t7-;/m1./s1. The molecule has 0 aliphatic rings. The molecule has 0 bridgehead atoms. The lowest BCUT2D eigenvalue weighted by molar-refractivity contribution is -0.119. The highest BCUT2D eigenvalue weighted by Gasteiger charge is 2.04. The van der Waals surface area contributed by atoms with E-state index in [0.29, 0.717) is 0 Å². The van der Waals surface area contributed by atoms with Crippen LogP contribution in [0.25, 0.3) is 0 Å². The maximum atomic E-state index is 10.8. The van der Waals surface area contributed by atoms with Crippen molar-refractivity contribution in [3.63, 3.8) is 0 Å².